The molecule has 116 valence electrons. The average molecular weight is 353 g/mol. The smallest absolute Gasteiger partial charge is 0.252 e. The topological polar surface area (TPSA) is 55.1 Å². The van der Waals surface area contributed by atoms with Gasteiger partial charge in [0.25, 0.3) is 5.91 Å². The van der Waals surface area contributed by atoms with E-state index in [2.05, 4.69) is 35.1 Å². The lowest BCUT2D eigenvalue weighted by molar-refractivity contribution is 0.0921. The fraction of sp³-hybridized carbons (Fsp3) is 0.588. The zero-order valence-corrected chi connectivity index (χ0v) is 14.5. The van der Waals surface area contributed by atoms with Crippen LogP contribution in [0.25, 0.3) is 0 Å². The maximum Gasteiger partial charge on any atom is 0.252 e. The highest BCUT2D eigenvalue weighted by atomic mass is 79.9. The van der Waals surface area contributed by atoms with Crippen LogP contribution in [0.1, 0.15) is 56.3 Å². The third-order valence-corrected chi connectivity index (χ3v) is 5.29. The van der Waals surface area contributed by atoms with E-state index in [9.17, 15) is 4.79 Å². The van der Waals surface area contributed by atoms with Gasteiger partial charge in [0, 0.05) is 12.2 Å². The van der Waals surface area contributed by atoms with E-state index in [1.165, 1.54) is 32.1 Å². The van der Waals surface area contributed by atoms with Gasteiger partial charge in [0.15, 0.2) is 0 Å². The zero-order valence-electron chi connectivity index (χ0n) is 12.9. The van der Waals surface area contributed by atoms with Crippen molar-refractivity contribution in [2.75, 3.05) is 12.3 Å². The number of nitrogen functional groups attached to an aromatic ring is 1. The minimum absolute atomic E-state index is 0.0378. The van der Waals surface area contributed by atoms with E-state index in [0.29, 0.717) is 21.6 Å². The van der Waals surface area contributed by atoms with Crippen molar-refractivity contribution in [2.24, 2.45) is 11.3 Å². The van der Waals surface area contributed by atoms with Crippen molar-refractivity contribution < 1.29 is 4.79 Å². The Morgan fingerprint density at radius 1 is 1.38 bits per heavy atom. The second kappa shape index (κ2) is 6.82. The molecule has 1 aromatic rings. The number of rotatable bonds is 5. The van der Waals surface area contributed by atoms with E-state index < -0.39 is 0 Å². The van der Waals surface area contributed by atoms with Crippen LogP contribution in [-0.4, -0.2) is 12.5 Å². The van der Waals surface area contributed by atoms with Crippen LogP contribution >= 0.6 is 15.9 Å². The van der Waals surface area contributed by atoms with Gasteiger partial charge in [-0.1, -0.05) is 32.8 Å². The summed E-state index contributed by atoms with van der Waals surface area (Å²) in [5.41, 5.74) is 7.35. The van der Waals surface area contributed by atoms with E-state index in [1.54, 1.807) is 12.1 Å². The summed E-state index contributed by atoms with van der Waals surface area (Å²) in [5.74, 6) is 0.628. The summed E-state index contributed by atoms with van der Waals surface area (Å²) in [5, 5.41) is 3.13. The molecule has 0 aliphatic heterocycles. The first-order chi connectivity index (χ1) is 9.93. The first-order valence-electron chi connectivity index (χ1n) is 7.76. The lowest BCUT2D eigenvalue weighted by atomic mass is 9.78. The van der Waals surface area contributed by atoms with Crippen molar-refractivity contribution in [3.63, 3.8) is 0 Å². The van der Waals surface area contributed by atoms with Crippen molar-refractivity contribution in [1.29, 1.82) is 0 Å². The number of amides is 1. The molecule has 1 aromatic carbocycles. The molecule has 4 heteroatoms. The number of carbonyl (C=O) groups is 1. The molecule has 0 heterocycles. The average Bonchev–Trinajstić information content (AvgIpc) is 2.87. The highest BCUT2D eigenvalue weighted by Crippen LogP contribution is 2.42. The lowest BCUT2D eigenvalue weighted by Crippen LogP contribution is -2.37. The fourth-order valence-electron chi connectivity index (χ4n) is 3.53. The van der Waals surface area contributed by atoms with E-state index in [4.69, 9.17) is 5.73 Å². The van der Waals surface area contributed by atoms with Gasteiger partial charge in [0.2, 0.25) is 0 Å². The predicted molar refractivity (Wildman–Crippen MR) is 91.2 cm³/mol. The van der Waals surface area contributed by atoms with Gasteiger partial charge in [-0.2, -0.15) is 0 Å². The fourth-order valence-corrected chi connectivity index (χ4v) is 3.98. The van der Waals surface area contributed by atoms with Crippen molar-refractivity contribution in [3.05, 3.63) is 28.2 Å². The van der Waals surface area contributed by atoms with Gasteiger partial charge in [-0.05, 0) is 58.7 Å². The summed E-state index contributed by atoms with van der Waals surface area (Å²) in [6, 6.07) is 5.41. The van der Waals surface area contributed by atoms with Crippen LogP contribution in [-0.2, 0) is 0 Å². The Bertz CT molecular complexity index is 508. The van der Waals surface area contributed by atoms with Crippen molar-refractivity contribution in [2.45, 2.75) is 46.0 Å². The Kier molecular flexibility index (Phi) is 5.31. The molecular weight excluding hydrogens is 328 g/mol. The molecule has 0 unspecified atom stereocenters. The Hall–Kier alpha value is -1.03. The lowest BCUT2D eigenvalue weighted by Gasteiger charge is -2.31. The summed E-state index contributed by atoms with van der Waals surface area (Å²) in [6.45, 7) is 5.29. The van der Waals surface area contributed by atoms with Crippen molar-refractivity contribution in [1.82, 2.24) is 5.32 Å². The Morgan fingerprint density at radius 2 is 2.05 bits per heavy atom. The van der Waals surface area contributed by atoms with Crippen LogP contribution in [0.15, 0.2) is 22.7 Å². The van der Waals surface area contributed by atoms with E-state index >= 15 is 0 Å². The first-order valence-corrected chi connectivity index (χ1v) is 8.55. The molecule has 1 saturated carbocycles. The second-order valence-electron chi connectivity index (χ2n) is 6.70. The van der Waals surface area contributed by atoms with Crippen LogP contribution in [0.5, 0.6) is 0 Å². The molecule has 21 heavy (non-hydrogen) atoms. The summed E-state index contributed by atoms with van der Waals surface area (Å²) in [6.07, 6.45) is 6.20. The van der Waals surface area contributed by atoms with Crippen LogP contribution < -0.4 is 11.1 Å². The van der Waals surface area contributed by atoms with Crippen molar-refractivity contribution in [3.8, 4) is 0 Å². The zero-order chi connectivity index (χ0) is 15.5. The minimum atomic E-state index is -0.0378. The largest absolute Gasteiger partial charge is 0.398 e. The van der Waals surface area contributed by atoms with Crippen LogP contribution in [0.4, 0.5) is 5.69 Å². The molecule has 0 radical (unpaired) electrons. The standard InChI is InChI=1S/C17H25BrN2O/c1-12(2)10-17(8-3-4-9-17)11-20-16(21)13-6-5-7-14(19)15(13)18/h5-7,12H,3-4,8-11,19H2,1-2H3,(H,20,21). The highest BCUT2D eigenvalue weighted by Gasteiger charge is 2.34. The predicted octanol–water partition coefficient (Wildman–Crippen LogP) is 4.37. The number of nitrogens with one attached hydrogen (secondary N) is 1. The minimum Gasteiger partial charge on any atom is -0.398 e. The Morgan fingerprint density at radius 3 is 2.67 bits per heavy atom. The summed E-state index contributed by atoms with van der Waals surface area (Å²) in [7, 11) is 0. The maximum absolute atomic E-state index is 12.4. The molecule has 2 rings (SSSR count). The van der Waals surface area contributed by atoms with Gasteiger partial charge < -0.3 is 11.1 Å². The molecule has 1 aliphatic carbocycles. The Labute approximate surface area is 135 Å². The van der Waals surface area contributed by atoms with Gasteiger partial charge >= 0.3 is 0 Å². The van der Waals surface area contributed by atoms with Gasteiger partial charge in [-0.3, -0.25) is 4.79 Å². The molecule has 1 amide bonds. The Balaban J connectivity index is 2.04. The summed E-state index contributed by atoms with van der Waals surface area (Å²) in [4.78, 5) is 12.4. The van der Waals surface area contributed by atoms with Gasteiger partial charge in [0.05, 0.1) is 10.0 Å². The maximum atomic E-state index is 12.4. The molecule has 0 spiro atoms. The summed E-state index contributed by atoms with van der Waals surface area (Å²) >= 11 is 3.40. The van der Waals surface area contributed by atoms with Crippen LogP contribution in [0.2, 0.25) is 0 Å². The molecule has 3 N–H and O–H groups in total. The first kappa shape index (κ1) is 16.3. The number of hydrogen-bond donors (Lipinski definition) is 2. The van der Waals surface area contributed by atoms with Crippen LogP contribution in [0, 0.1) is 11.3 Å². The number of carbonyl (C=O) groups excluding carboxylic acids is 1. The molecule has 0 atom stereocenters. The van der Waals surface area contributed by atoms with Gasteiger partial charge in [-0.15, -0.1) is 0 Å². The van der Waals surface area contributed by atoms with Gasteiger partial charge in [-0.25, -0.2) is 0 Å². The quantitative estimate of drug-likeness (QED) is 0.773. The number of anilines is 1. The van der Waals surface area contributed by atoms with E-state index in [1.807, 2.05) is 6.07 Å². The third kappa shape index (κ3) is 4.00. The molecular formula is C17H25BrN2O. The summed E-state index contributed by atoms with van der Waals surface area (Å²) < 4.78 is 0.687. The van der Waals surface area contributed by atoms with E-state index in [-0.39, 0.29) is 11.3 Å². The monoisotopic (exact) mass is 352 g/mol. The molecule has 0 aromatic heterocycles. The molecule has 0 saturated heterocycles. The number of benzene rings is 1. The number of nitrogens with two attached hydrogens (primary N) is 1. The van der Waals surface area contributed by atoms with Crippen LogP contribution in [0.3, 0.4) is 0 Å². The van der Waals surface area contributed by atoms with Crippen molar-refractivity contribution >= 4 is 27.5 Å². The highest BCUT2D eigenvalue weighted by molar-refractivity contribution is 9.10. The SMILES string of the molecule is CC(C)CC1(CNC(=O)c2cccc(N)c2Br)CCCC1. The third-order valence-electron chi connectivity index (χ3n) is 4.40. The normalized spacial score (nSPS) is 17.1. The molecule has 1 aliphatic rings. The molecule has 1 fully saturated rings. The second-order valence-corrected chi connectivity index (χ2v) is 7.49. The molecule has 3 nitrogen and oxygen atoms in total. The number of halogens is 1. The van der Waals surface area contributed by atoms with Gasteiger partial charge in [0.1, 0.15) is 0 Å². The number of hydrogen-bond acceptors (Lipinski definition) is 2. The van der Waals surface area contributed by atoms with E-state index in [0.717, 1.165) is 6.54 Å². The molecule has 0 bridgehead atoms.